The molecule has 1 aromatic carbocycles. The zero-order chi connectivity index (χ0) is 16.0. The number of carbonyl (C=O) groups excluding carboxylic acids is 1. The molecule has 0 amide bonds. The van der Waals surface area contributed by atoms with Gasteiger partial charge in [-0.15, -0.1) is 0 Å². The third kappa shape index (κ3) is 2.21. The van der Waals surface area contributed by atoms with Gasteiger partial charge in [-0.05, 0) is 37.0 Å². The zero-order valence-electron chi connectivity index (χ0n) is 13.3. The molecule has 0 saturated heterocycles. The van der Waals surface area contributed by atoms with Crippen molar-refractivity contribution in [3.8, 4) is 0 Å². The molecule has 2 aliphatic heterocycles. The Hall–Kier alpha value is -2.36. The molecule has 0 aromatic heterocycles. The van der Waals surface area contributed by atoms with Crippen LogP contribution in [-0.4, -0.2) is 24.9 Å². The van der Waals surface area contributed by atoms with Gasteiger partial charge in [0.2, 0.25) is 0 Å². The molecule has 0 fully saturated rings. The number of carbonyl (C=O) groups is 1. The third-order valence-electron chi connectivity index (χ3n) is 4.94. The molecule has 4 rings (SSSR count). The van der Waals surface area contributed by atoms with Crippen molar-refractivity contribution in [3.63, 3.8) is 0 Å². The van der Waals surface area contributed by atoms with Crippen LogP contribution >= 0.6 is 0 Å². The predicted molar refractivity (Wildman–Crippen MR) is 87.3 cm³/mol. The second-order valence-corrected chi connectivity index (χ2v) is 6.34. The van der Waals surface area contributed by atoms with Gasteiger partial charge in [-0.2, -0.15) is 0 Å². The van der Waals surface area contributed by atoms with E-state index in [0.29, 0.717) is 25.2 Å². The molecule has 2 unspecified atom stereocenters. The number of aliphatic imine (C=N–C) groups is 1. The smallest absolute Gasteiger partial charge is 0.174 e. The molecule has 0 spiro atoms. The van der Waals surface area contributed by atoms with E-state index in [4.69, 9.17) is 9.47 Å². The second kappa shape index (κ2) is 5.37. The standard InChI is InChI=1S/C19H19NO3/c1-11-4-3-5-12(2)17(11)14-8-13-16(21)6-7-22-18(13)15-9-20-10-23-19(14)15/h3-5,9-10,14,19H,6-8H2,1-2H3. The number of ether oxygens (including phenoxy) is 2. The van der Waals surface area contributed by atoms with Crippen LogP contribution in [0.25, 0.3) is 0 Å². The largest absolute Gasteiger partial charge is 0.492 e. The Labute approximate surface area is 135 Å². The fraction of sp³-hybridized carbons (Fsp3) is 0.368. The van der Waals surface area contributed by atoms with Crippen LogP contribution in [0.1, 0.15) is 35.4 Å². The van der Waals surface area contributed by atoms with Crippen LogP contribution in [0.2, 0.25) is 0 Å². The van der Waals surface area contributed by atoms with Crippen molar-refractivity contribution in [3.05, 3.63) is 58.0 Å². The van der Waals surface area contributed by atoms with Crippen molar-refractivity contribution in [1.82, 2.24) is 0 Å². The summed E-state index contributed by atoms with van der Waals surface area (Å²) in [4.78, 5) is 16.5. The van der Waals surface area contributed by atoms with E-state index >= 15 is 0 Å². The lowest BCUT2D eigenvalue weighted by molar-refractivity contribution is -0.118. The Balaban J connectivity index is 1.87. The Morgan fingerprint density at radius 1 is 1.22 bits per heavy atom. The van der Waals surface area contributed by atoms with Gasteiger partial charge in [-0.1, -0.05) is 18.2 Å². The molecule has 0 radical (unpaired) electrons. The first-order valence-electron chi connectivity index (χ1n) is 7.99. The summed E-state index contributed by atoms with van der Waals surface area (Å²) in [5, 5.41) is 0. The van der Waals surface area contributed by atoms with Crippen LogP contribution in [0.4, 0.5) is 0 Å². The molecule has 2 atom stereocenters. The van der Waals surface area contributed by atoms with Gasteiger partial charge >= 0.3 is 0 Å². The molecule has 3 aliphatic rings. The summed E-state index contributed by atoms with van der Waals surface area (Å²) in [6, 6.07) is 6.30. The third-order valence-corrected chi connectivity index (χ3v) is 4.94. The highest BCUT2D eigenvalue weighted by Gasteiger charge is 2.42. The molecule has 2 heterocycles. The first-order chi connectivity index (χ1) is 11.2. The molecular weight excluding hydrogens is 290 g/mol. The van der Waals surface area contributed by atoms with Crippen LogP contribution in [0.5, 0.6) is 0 Å². The van der Waals surface area contributed by atoms with Crippen molar-refractivity contribution in [1.29, 1.82) is 0 Å². The number of rotatable bonds is 1. The number of allylic oxidation sites excluding steroid dienone is 1. The number of hydrogen-bond acceptors (Lipinski definition) is 4. The molecule has 4 nitrogen and oxygen atoms in total. The van der Waals surface area contributed by atoms with Gasteiger partial charge in [0.1, 0.15) is 11.9 Å². The van der Waals surface area contributed by atoms with E-state index in [2.05, 4.69) is 37.0 Å². The molecule has 0 saturated carbocycles. The van der Waals surface area contributed by atoms with Gasteiger partial charge in [0, 0.05) is 24.1 Å². The van der Waals surface area contributed by atoms with Crippen LogP contribution in [-0.2, 0) is 14.3 Å². The molecular formula is C19H19NO3. The Morgan fingerprint density at radius 2 is 2.00 bits per heavy atom. The fourth-order valence-corrected chi connectivity index (χ4v) is 3.92. The number of aryl methyl sites for hydroxylation is 2. The monoisotopic (exact) mass is 309 g/mol. The van der Waals surface area contributed by atoms with Gasteiger partial charge in [0.25, 0.3) is 0 Å². The number of ketones is 1. The Bertz CT molecular complexity index is 753. The number of Topliss-reactive ketones (excluding diaryl/α,β-unsaturated/α-hetero) is 1. The first kappa shape index (κ1) is 14.2. The van der Waals surface area contributed by atoms with E-state index in [9.17, 15) is 4.79 Å². The molecule has 1 aliphatic carbocycles. The fourth-order valence-electron chi connectivity index (χ4n) is 3.92. The minimum atomic E-state index is -0.142. The van der Waals surface area contributed by atoms with E-state index in [1.165, 1.54) is 23.1 Å². The molecule has 4 heteroatoms. The average Bonchev–Trinajstić information content (AvgIpc) is 2.55. The number of nitrogens with zero attached hydrogens (tertiary/aromatic N) is 1. The number of fused-ring (bicyclic) bond motifs is 2. The summed E-state index contributed by atoms with van der Waals surface area (Å²) in [6.07, 6.45) is 4.25. The lowest BCUT2D eigenvalue weighted by Gasteiger charge is -2.38. The quantitative estimate of drug-likeness (QED) is 0.799. The van der Waals surface area contributed by atoms with Crippen molar-refractivity contribution >= 4 is 12.2 Å². The summed E-state index contributed by atoms with van der Waals surface area (Å²) in [5.74, 6) is 1.00. The number of hydrogen-bond donors (Lipinski definition) is 0. The lowest BCUT2D eigenvalue weighted by Crippen LogP contribution is -2.36. The maximum absolute atomic E-state index is 12.4. The van der Waals surface area contributed by atoms with Crippen LogP contribution in [0, 0.1) is 13.8 Å². The minimum absolute atomic E-state index is 0.110. The van der Waals surface area contributed by atoms with Crippen molar-refractivity contribution < 1.29 is 14.3 Å². The molecule has 0 N–H and O–H groups in total. The van der Waals surface area contributed by atoms with Gasteiger partial charge in [0.15, 0.2) is 12.2 Å². The molecule has 23 heavy (non-hydrogen) atoms. The van der Waals surface area contributed by atoms with Crippen molar-refractivity contribution in [2.45, 2.75) is 38.7 Å². The van der Waals surface area contributed by atoms with E-state index in [1.54, 1.807) is 6.20 Å². The summed E-state index contributed by atoms with van der Waals surface area (Å²) in [5.41, 5.74) is 5.42. The first-order valence-corrected chi connectivity index (χ1v) is 7.99. The molecule has 1 aromatic rings. The highest BCUT2D eigenvalue weighted by molar-refractivity contribution is 5.98. The average molecular weight is 309 g/mol. The van der Waals surface area contributed by atoms with E-state index in [-0.39, 0.29) is 17.8 Å². The summed E-state index contributed by atoms with van der Waals surface area (Å²) in [7, 11) is 0. The van der Waals surface area contributed by atoms with Gasteiger partial charge < -0.3 is 9.47 Å². The SMILES string of the molecule is Cc1cccc(C)c1C1CC2=C(OCCC2=O)C2=CN=COC21. The summed E-state index contributed by atoms with van der Waals surface area (Å²) < 4.78 is 11.7. The van der Waals surface area contributed by atoms with E-state index in [1.807, 2.05) is 0 Å². The summed E-state index contributed by atoms with van der Waals surface area (Å²) >= 11 is 0. The molecule has 0 bridgehead atoms. The Morgan fingerprint density at radius 3 is 2.78 bits per heavy atom. The predicted octanol–water partition coefficient (Wildman–Crippen LogP) is 3.35. The minimum Gasteiger partial charge on any atom is -0.492 e. The van der Waals surface area contributed by atoms with Crippen molar-refractivity contribution in [2.24, 2.45) is 4.99 Å². The topological polar surface area (TPSA) is 47.9 Å². The van der Waals surface area contributed by atoms with Crippen LogP contribution in [0.3, 0.4) is 0 Å². The highest BCUT2D eigenvalue weighted by Crippen LogP contribution is 2.45. The van der Waals surface area contributed by atoms with E-state index < -0.39 is 0 Å². The second-order valence-electron chi connectivity index (χ2n) is 6.34. The summed E-state index contributed by atoms with van der Waals surface area (Å²) in [6.45, 7) is 4.68. The maximum atomic E-state index is 12.4. The van der Waals surface area contributed by atoms with Crippen LogP contribution < -0.4 is 0 Å². The van der Waals surface area contributed by atoms with Gasteiger partial charge in [-0.3, -0.25) is 4.79 Å². The van der Waals surface area contributed by atoms with Crippen LogP contribution in [0.15, 0.2) is 46.3 Å². The number of benzene rings is 1. The van der Waals surface area contributed by atoms with E-state index in [0.717, 1.165) is 11.1 Å². The zero-order valence-corrected chi connectivity index (χ0v) is 13.3. The Kier molecular flexibility index (Phi) is 3.33. The van der Waals surface area contributed by atoms with Gasteiger partial charge in [0.05, 0.1) is 12.2 Å². The normalized spacial score (nSPS) is 26.0. The lowest BCUT2D eigenvalue weighted by atomic mass is 9.74. The maximum Gasteiger partial charge on any atom is 0.174 e. The van der Waals surface area contributed by atoms with Gasteiger partial charge in [-0.25, -0.2) is 4.99 Å². The molecule has 118 valence electrons. The highest BCUT2D eigenvalue weighted by atomic mass is 16.5. The van der Waals surface area contributed by atoms with Crippen molar-refractivity contribution in [2.75, 3.05) is 6.61 Å².